The molecule has 2 aromatic carbocycles. The maximum absolute atomic E-state index is 13.6. The van der Waals surface area contributed by atoms with Crippen LogP contribution in [0.2, 0.25) is 0 Å². The average Bonchev–Trinajstić information content (AvgIpc) is 3.54. The topological polar surface area (TPSA) is 98.1 Å². The number of likely N-dealkylation sites (tertiary alicyclic amines) is 1. The quantitative estimate of drug-likeness (QED) is 0.397. The van der Waals surface area contributed by atoms with Gasteiger partial charge in [-0.2, -0.15) is 0 Å². The summed E-state index contributed by atoms with van der Waals surface area (Å²) in [6.45, 7) is 4.60. The minimum atomic E-state index is -0.813. The van der Waals surface area contributed by atoms with Crippen molar-refractivity contribution in [1.29, 1.82) is 0 Å². The second-order valence-corrected chi connectivity index (χ2v) is 10.3. The zero-order chi connectivity index (χ0) is 24.4. The highest BCUT2D eigenvalue weighted by molar-refractivity contribution is 7.09. The first-order chi connectivity index (χ1) is 16.9. The molecule has 8 heteroatoms. The molecule has 180 valence electrons. The Morgan fingerprint density at radius 2 is 2.00 bits per heavy atom. The Kier molecular flexibility index (Phi) is 6.49. The Morgan fingerprint density at radius 1 is 1.17 bits per heavy atom. The molecular formula is C27H29N5O2S. The number of nitrogens with two attached hydrogens (primary N) is 1. The largest absolute Gasteiger partial charge is 0.419 e. The summed E-state index contributed by atoms with van der Waals surface area (Å²) in [5, 5.41) is 11.5. The van der Waals surface area contributed by atoms with Crippen molar-refractivity contribution in [2.45, 2.75) is 51.1 Å². The van der Waals surface area contributed by atoms with E-state index in [0.717, 1.165) is 42.1 Å². The Labute approximate surface area is 209 Å². The molecule has 7 nitrogen and oxygen atoms in total. The van der Waals surface area contributed by atoms with Crippen LogP contribution in [0.15, 0.2) is 64.4 Å². The number of carbonyl (C=O) groups excluding carboxylic acids is 1. The summed E-state index contributed by atoms with van der Waals surface area (Å²) in [5.74, 6) is 0.713. The number of hydrogen-bond donors (Lipinski definition) is 1. The highest BCUT2D eigenvalue weighted by Gasteiger charge is 2.32. The van der Waals surface area contributed by atoms with E-state index in [2.05, 4.69) is 15.2 Å². The smallest absolute Gasteiger partial charge is 0.254 e. The summed E-state index contributed by atoms with van der Waals surface area (Å²) in [4.78, 5) is 20.2. The van der Waals surface area contributed by atoms with E-state index in [1.807, 2.05) is 78.7 Å². The summed E-state index contributed by atoms with van der Waals surface area (Å²) in [6, 6.07) is 17.4. The first-order valence-corrected chi connectivity index (χ1v) is 12.8. The van der Waals surface area contributed by atoms with Crippen molar-refractivity contribution in [2.24, 2.45) is 5.73 Å². The highest BCUT2D eigenvalue weighted by atomic mass is 32.1. The number of benzene rings is 2. The van der Waals surface area contributed by atoms with Crippen molar-refractivity contribution in [3.05, 3.63) is 87.7 Å². The van der Waals surface area contributed by atoms with E-state index in [9.17, 15) is 4.79 Å². The number of amides is 1. The van der Waals surface area contributed by atoms with Crippen LogP contribution in [0.25, 0.3) is 11.5 Å². The van der Waals surface area contributed by atoms with E-state index >= 15 is 0 Å². The van der Waals surface area contributed by atoms with Gasteiger partial charge in [-0.1, -0.05) is 36.4 Å². The Balaban J connectivity index is 1.37. The molecule has 0 saturated carbocycles. The van der Waals surface area contributed by atoms with Gasteiger partial charge in [0, 0.05) is 28.7 Å². The first-order valence-electron chi connectivity index (χ1n) is 11.9. The number of carbonyl (C=O) groups is 1. The van der Waals surface area contributed by atoms with Gasteiger partial charge in [0.2, 0.25) is 11.8 Å². The van der Waals surface area contributed by atoms with Crippen LogP contribution in [0.5, 0.6) is 0 Å². The van der Waals surface area contributed by atoms with Gasteiger partial charge < -0.3 is 15.1 Å². The SMILES string of the molecule is Cc1csc([C@H]2CCCCN2C(=O)c2cccc(-c3nnc([C@@](C)(N)Cc4ccccc4)o3)c2)n1. The number of nitrogens with zero attached hydrogens (tertiary/aromatic N) is 4. The number of aromatic nitrogens is 3. The van der Waals surface area contributed by atoms with Gasteiger partial charge in [-0.25, -0.2) is 4.98 Å². The van der Waals surface area contributed by atoms with Crippen molar-refractivity contribution in [1.82, 2.24) is 20.1 Å². The van der Waals surface area contributed by atoms with Crippen LogP contribution in [0.4, 0.5) is 0 Å². The predicted octanol–water partition coefficient (Wildman–Crippen LogP) is 5.29. The second-order valence-electron chi connectivity index (χ2n) is 9.41. The van der Waals surface area contributed by atoms with E-state index in [1.165, 1.54) is 0 Å². The fourth-order valence-electron chi connectivity index (χ4n) is 4.57. The summed E-state index contributed by atoms with van der Waals surface area (Å²) in [5.41, 5.74) is 9.12. The fourth-order valence-corrected chi connectivity index (χ4v) is 5.52. The van der Waals surface area contributed by atoms with Gasteiger partial charge in [-0.15, -0.1) is 21.5 Å². The van der Waals surface area contributed by atoms with E-state index in [1.54, 1.807) is 11.3 Å². The van der Waals surface area contributed by atoms with Gasteiger partial charge >= 0.3 is 0 Å². The lowest BCUT2D eigenvalue weighted by molar-refractivity contribution is 0.0611. The lowest BCUT2D eigenvalue weighted by Crippen LogP contribution is -2.38. The molecule has 35 heavy (non-hydrogen) atoms. The van der Waals surface area contributed by atoms with Crippen LogP contribution >= 0.6 is 11.3 Å². The molecule has 1 aliphatic heterocycles. The fraction of sp³-hybridized carbons (Fsp3) is 0.333. The van der Waals surface area contributed by atoms with Gasteiger partial charge in [-0.3, -0.25) is 4.79 Å². The first kappa shape index (κ1) is 23.4. The number of aryl methyl sites for hydroxylation is 1. The van der Waals surface area contributed by atoms with Gasteiger partial charge in [-0.05, 0) is 63.3 Å². The average molecular weight is 488 g/mol. The number of piperidine rings is 1. The highest BCUT2D eigenvalue weighted by Crippen LogP contribution is 2.34. The molecule has 3 heterocycles. The maximum atomic E-state index is 13.6. The number of thiazole rings is 1. The molecule has 2 aromatic heterocycles. The molecule has 1 amide bonds. The molecular weight excluding hydrogens is 458 g/mol. The van der Waals surface area contributed by atoms with Gasteiger partial charge in [0.1, 0.15) is 5.01 Å². The van der Waals surface area contributed by atoms with E-state index in [-0.39, 0.29) is 11.9 Å². The van der Waals surface area contributed by atoms with E-state index in [0.29, 0.717) is 29.3 Å². The van der Waals surface area contributed by atoms with E-state index < -0.39 is 5.54 Å². The molecule has 2 N–H and O–H groups in total. The summed E-state index contributed by atoms with van der Waals surface area (Å²) in [6.07, 6.45) is 3.59. The van der Waals surface area contributed by atoms with Crippen LogP contribution in [0, 0.1) is 6.92 Å². The van der Waals surface area contributed by atoms with E-state index in [4.69, 9.17) is 10.2 Å². The molecule has 0 unspecified atom stereocenters. The van der Waals surface area contributed by atoms with Gasteiger partial charge in [0.05, 0.1) is 11.6 Å². The molecule has 1 aliphatic rings. The van der Waals surface area contributed by atoms with Gasteiger partial charge in [0.15, 0.2) is 0 Å². The van der Waals surface area contributed by atoms with Crippen LogP contribution in [0.1, 0.15) is 64.7 Å². The van der Waals surface area contributed by atoms with Crippen LogP contribution in [0.3, 0.4) is 0 Å². The molecule has 1 fully saturated rings. The van der Waals surface area contributed by atoms with Crippen LogP contribution < -0.4 is 5.73 Å². The molecule has 0 aliphatic carbocycles. The Morgan fingerprint density at radius 3 is 2.77 bits per heavy atom. The van der Waals surface area contributed by atoms with Crippen molar-refractivity contribution in [3.63, 3.8) is 0 Å². The second kappa shape index (κ2) is 9.71. The van der Waals surface area contributed by atoms with Crippen molar-refractivity contribution in [2.75, 3.05) is 6.54 Å². The Bertz CT molecular complexity index is 1310. The summed E-state index contributed by atoms with van der Waals surface area (Å²) < 4.78 is 6.00. The third kappa shape index (κ3) is 5.04. The summed E-state index contributed by atoms with van der Waals surface area (Å²) >= 11 is 1.63. The number of hydrogen-bond acceptors (Lipinski definition) is 7. The molecule has 1 saturated heterocycles. The molecule has 0 bridgehead atoms. The molecule has 2 atom stereocenters. The normalized spacial score (nSPS) is 17.8. The lowest BCUT2D eigenvalue weighted by Gasteiger charge is -2.34. The van der Waals surface area contributed by atoms with Crippen LogP contribution in [-0.2, 0) is 12.0 Å². The molecule has 0 radical (unpaired) electrons. The van der Waals surface area contributed by atoms with Crippen molar-refractivity contribution in [3.8, 4) is 11.5 Å². The molecule has 5 rings (SSSR count). The molecule has 4 aromatic rings. The van der Waals surface area contributed by atoms with Gasteiger partial charge in [0.25, 0.3) is 5.91 Å². The third-order valence-electron chi connectivity index (χ3n) is 6.37. The third-order valence-corrected chi connectivity index (χ3v) is 7.43. The maximum Gasteiger partial charge on any atom is 0.254 e. The Hall–Kier alpha value is -3.36. The zero-order valence-electron chi connectivity index (χ0n) is 20.0. The minimum Gasteiger partial charge on any atom is -0.419 e. The summed E-state index contributed by atoms with van der Waals surface area (Å²) in [7, 11) is 0. The van der Waals surface area contributed by atoms with Crippen LogP contribution in [-0.4, -0.2) is 32.5 Å². The van der Waals surface area contributed by atoms with Crippen molar-refractivity contribution >= 4 is 17.2 Å². The standard InChI is InChI=1S/C27H29N5O2S/c1-18-17-35-24(29-18)22-13-6-7-14-32(22)25(33)21-12-8-11-20(15-21)23-30-31-26(34-23)27(2,28)16-19-9-4-3-5-10-19/h3-5,8-12,15,17,22H,6-7,13-14,16,28H2,1-2H3/t22-,27+/m1/s1. The zero-order valence-corrected chi connectivity index (χ0v) is 20.8. The lowest BCUT2D eigenvalue weighted by atomic mass is 9.94. The van der Waals surface area contributed by atoms with Crippen molar-refractivity contribution < 1.29 is 9.21 Å². The monoisotopic (exact) mass is 487 g/mol. The minimum absolute atomic E-state index is 0.00289. The predicted molar refractivity (Wildman–Crippen MR) is 136 cm³/mol. The molecule has 0 spiro atoms. The number of rotatable bonds is 6.